The predicted octanol–water partition coefficient (Wildman–Crippen LogP) is 2.49. The van der Waals surface area contributed by atoms with E-state index < -0.39 is 5.82 Å². The summed E-state index contributed by atoms with van der Waals surface area (Å²) in [5, 5.41) is 8.70. The number of benzene rings is 1. The second kappa shape index (κ2) is 5.20. The zero-order valence-electron chi connectivity index (χ0n) is 8.71. The van der Waals surface area contributed by atoms with Gasteiger partial charge in [0, 0.05) is 12.1 Å². The minimum absolute atomic E-state index is 0.0556. The molecule has 0 aromatic heterocycles. The van der Waals surface area contributed by atoms with Crippen molar-refractivity contribution >= 4 is 0 Å². The van der Waals surface area contributed by atoms with E-state index in [0.29, 0.717) is 19.0 Å². The van der Waals surface area contributed by atoms with Crippen molar-refractivity contribution in [3.8, 4) is 17.6 Å². The summed E-state index contributed by atoms with van der Waals surface area (Å²) in [4.78, 5) is 0. The van der Waals surface area contributed by atoms with Gasteiger partial charge in [0.05, 0.1) is 18.8 Å². The average molecular weight is 209 g/mol. The fraction of sp³-hybridized carbons (Fsp3) is 0.364. The second-order valence-electron chi connectivity index (χ2n) is 2.76. The summed E-state index contributed by atoms with van der Waals surface area (Å²) in [5.74, 6) is -0.137. The molecule has 0 saturated heterocycles. The van der Waals surface area contributed by atoms with Gasteiger partial charge in [0.2, 0.25) is 0 Å². The molecule has 15 heavy (non-hydrogen) atoms. The molecule has 0 heterocycles. The molecule has 0 N–H and O–H groups in total. The van der Waals surface area contributed by atoms with Gasteiger partial charge in [0.25, 0.3) is 0 Å². The van der Waals surface area contributed by atoms with Crippen molar-refractivity contribution < 1.29 is 13.9 Å². The number of ether oxygens (including phenoxy) is 2. The zero-order chi connectivity index (χ0) is 11.3. The fourth-order valence-corrected chi connectivity index (χ4v) is 1.16. The van der Waals surface area contributed by atoms with E-state index in [1.807, 2.05) is 6.92 Å². The molecule has 0 spiro atoms. The van der Waals surface area contributed by atoms with Crippen molar-refractivity contribution in [2.75, 3.05) is 13.2 Å². The molecule has 80 valence electrons. The van der Waals surface area contributed by atoms with Crippen LogP contribution in [0.4, 0.5) is 4.39 Å². The second-order valence-corrected chi connectivity index (χ2v) is 2.76. The van der Waals surface area contributed by atoms with Gasteiger partial charge >= 0.3 is 0 Å². The van der Waals surface area contributed by atoms with Crippen molar-refractivity contribution in [1.82, 2.24) is 0 Å². The molecule has 0 unspecified atom stereocenters. The Hall–Kier alpha value is -1.76. The smallest absolute Gasteiger partial charge is 0.183 e. The summed E-state index contributed by atoms with van der Waals surface area (Å²) < 4.78 is 23.7. The normalized spacial score (nSPS) is 9.47. The largest absolute Gasteiger partial charge is 0.494 e. The van der Waals surface area contributed by atoms with Gasteiger partial charge in [-0.3, -0.25) is 0 Å². The lowest BCUT2D eigenvalue weighted by Gasteiger charge is -2.09. The maximum absolute atomic E-state index is 13.5. The Balaban J connectivity index is 3.14. The van der Waals surface area contributed by atoms with Crippen LogP contribution in [0.2, 0.25) is 0 Å². The number of nitriles is 1. The van der Waals surface area contributed by atoms with Crippen LogP contribution in [0.1, 0.15) is 19.4 Å². The van der Waals surface area contributed by atoms with Crippen LogP contribution in [0.5, 0.6) is 11.5 Å². The molecule has 4 heteroatoms. The molecule has 1 aromatic rings. The molecule has 0 aliphatic rings. The van der Waals surface area contributed by atoms with Crippen molar-refractivity contribution in [2.24, 2.45) is 0 Å². The third-order valence-corrected chi connectivity index (χ3v) is 1.74. The third-order valence-electron chi connectivity index (χ3n) is 1.74. The molecule has 0 bridgehead atoms. The Morgan fingerprint density at radius 2 is 1.93 bits per heavy atom. The molecule has 3 nitrogen and oxygen atoms in total. The van der Waals surface area contributed by atoms with Gasteiger partial charge in [-0.05, 0) is 13.8 Å². The Morgan fingerprint density at radius 1 is 1.27 bits per heavy atom. The summed E-state index contributed by atoms with van der Waals surface area (Å²) in [6.07, 6.45) is 0. The summed E-state index contributed by atoms with van der Waals surface area (Å²) in [6.45, 7) is 4.37. The Labute approximate surface area is 88.0 Å². The molecular formula is C11H12FNO2. The molecule has 1 rings (SSSR count). The monoisotopic (exact) mass is 209 g/mol. The quantitative estimate of drug-likeness (QED) is 0.765. The fourth-order valence-electron chi connectivity index (χ4n) is 1.16. The summed E-state index contributed by atoms with van der Waals surface area (Å²) >= 11 is 0. The molecule has 0 saturated carbocycles. The first-order chi connectivity index (χ1) is 7.22. The van der Waals surface area contributed by atoms with E-state index in [1.54, 1.807) is 13.0 Å². The Kier molecular flexibility index (Phi) is 3.92. The SMILES string of the molecule is CCOc1cc(C#N)c(F)c(OCC)c1. The molecule has 0 fully saturated rings. The maximum atomic E-state index is 13.5. The standard InChI is InChI=1S/C11H12FNO2/c1-3-14-9-5-8(7-13)11(12)10(6-9)15-4-2/h5-6H,3-4H2,1-2H3. The summed E-state index contributed by atoms with van der Waals surface area (Å²) in [6, 6.07) is 4.57. The van der Waals surface area contributed by atoms with Crippen LogP contribution in [-0.4, -0.2) is 13.2 Å². The number of nitrogens with zero attached hydrogens (tertiary/aromatic N) is 1. The Morgan fingerprint density at radius 3 is 2.47 bits per heavy atom. The van der Waals surface area contributed by atoms with Crippen LogP contribution >= 0.6 is 0 Å². The average Bonchev–Trinajstić information content (AvgIpc) is 2.23. The first-order valence-electron chi connectivity index (χ1n) is 4.72. The highest BCUT2D eigenvalue weighted by Crippen LogP contribution is 2.27. The van der Waals surface area contributed by atoms with E-state index in [2.05, 4.69) is 0 Å². The van der Waals surface area contributed by atoms with Crippen LogP contribution in [-0.2, 0) is 0 Å². The first-order valence-corrected chi connectivity index (χ1v) is 4.72. The summed E-state index contributed by atoms with van der Waals surface area (Å²) in [7, 11) is 0. The molecule has 0 aliphatic heterocycles. The van der Waals surface area contributed by atoms with E-state index in [4.69, 9.17) is 14.7 Å². The lowest BCUT2D eigenvalue weighted by atomic mass is 10.2. The van der Waals surface area contributed by atoms with E-state index >= 15 is 0 Å². The molecule has 1 aromatic carbocycles. The van der Waals surface area contributed by atoms with Gasteiger partial charge in [-0.2, -0.15) is 5.26 Å². The van der Waals surface area contributed by atoms with Crippen LogP contribution in [0.15, 0.2) is 12.1 Å². The minimum Gasteiger partial charge on any atom is -0.494 e. The topological polar surface area (TPSA) is 42.2 Å². The van der Waals surface area contributed by atoms with Crippen LogP contribution in [0.25, 0.3) is 0 Å². The molecule has 0 atom stereocenters. The third kappa shape index (κ3) is 2.59. The lowest BCUT2D eigenvalue weighted by molar-refractivity contribution is 0.309. The predicted molar refractivity (Wildman–Crippen MR) is 53.5 cm³/mol. The van der Waals surface area contributed by atoms with Gasteiger partial charge < -0.3 is 9.47 Å². The Bertz CT molecular complexity index is 385. The van der Waals surface area contributed by atoms with Crippen molar-refractivity contribution in [3.05, 3.63) is 23.5 Å². The number of hydrogen-bond acceptors (Lipinski definition) is 3. The van der Waals surface area contributed by atoms with E-state index in [0.717, 1.165) is 0 Å². The van der Waals surface area contributed by atoms with Gasteiger partial charge in [-0.25, -0.2) is 4.39 Å². The highest BCUT2D eigenvalue weighted by Gasteiger charge is 2.12. The van der Waals surface area contributed by atoms with Gasteiger partial charge in [-0.1, -0.05) is 0 Å². The van der Waals surface area contributed by atoms with Crippen molar-refractivity contribution in [3.63, 3.8) is 0 Å². The van der Waals surface area contributed by atoms with Crippen LogP contribution in [0, 0.1) is 17.1 Å². The van der Waals surface area contributed by atoms with Crippen LogP contribution in [0.3, 0.4) is 0 Å². The van der Waals surface area contributed by atoms with Crippen molar-refractivity contribution in [2.45, 2.75) is 13.8 Å². The highest BCUT2D eigenvalue weighted by molar-refractivity contribution is 5.45. The molecular weight excluding hydrogens is 197 g/mol. The molecule has 0 aliphatic carbocycles. The minimum atomic E-state index is -0.636. The summed E-state index contributed by atoms with van der Waals surface area (Å²) in [5.41, 5.74) is -0.0654. The number of halogens is 1. The lowest BCUT2D eigenvalue weighted by Crippen LogP contribution is -1.99. The zero-order valence-corrected chi connectivity index (χ0v) is 8.71. The highest BCUT2D eigenvalue weighted by atomic mass is 19.1. The van der Waals surface area contributed by atoms with E-state index in [9.17, 15) is 4.39 Å². The van der Waals surface area contributed by atoms with Gasteiger partial charge in [0.1, 0.15) is 11.8 Å². The number of rotatable bonds is 4. The number of hydrogen-bond donors (Lipinski definition) is 0. The molecule has 0 amide bonds. The van der Waals surface area contributed by atoms with E-state index in [1.165, 1.54) is 12.1 Å². The first kappa shape index (κ1) is 11.3. The molecule has 0 radical (unpaired) electrons. The van der Waals surface area contributed by atoms with Crippen LogP contribution < -0.4 is 9.47 Å². The maximum Gasteiger partial charge on any atom is 0.183 e. The van der Waals surface area contributed by atoms with Gasteiger partial charge in [0.15, 0.2) is 11.6 Å². The van der Waals surface area contributed by atoms with Gasteiger partial charge in [-0.15, -0.1) is 0 Å². The van der Waals surface area contributed by atoms with Crippen molar-refractivity contribution in [1.29, 1.82) is 5.26 Å². The van der Waals surface area contributed by atoms with E-state index in [-0.39, 0.29) is 11.3 Å².